The summed E-state index contributed by atoms with van der Waals surface area (Å²) in [5.74, 6) is 0.476. The Balaban J connectivity index is 2.27. The molecule has 6 heteroatoms. The molecule has 0 saturated heterocycles. The minimum absolute atomic E-state index is 0.0113. The lowest BCUT2D eigenvalue weighted by atomic mass is 10.0. The number of methoxy groups -OCH3 is 1. The zero-order chi connectivity index (χ0) is 17.9. The van der Waals surface area contributed by atoms with Crippen molar-refractivity contribution in [3.05, 3.63) is 69.3 Å². The van der Waals surface area contributed by atoms with Gasteiger partial charge in [0.25, 0.3) is 11.6 Å². The highest BCUT2D eigenvalue weighted by molar-refractivity contribution is 5.94. The molecule has 0 saturated carbocycles. The predicted octanol–water partition coefficient (Wildman–Crippen LogP) is 3.75. The maximum Gasteiger partial charge on any atom is 0.269 e. The molecular weight excluding hydrogens is 308 g/mol. The van der Waals surface area contributed by atoms with Gasteiger partial charge in [-0.1, -0.05) is 18.2 Å². The smallest absolute Gasteiger partial charge is 0.269 e. The van der Waals surface area contributed by atoms with Gasteiger partial charge in [-0.05, 0) is 37.1 Å². The Morgan fingerprint density at radius 3 is 2.58 bits per heavy atom. The molecule has 1 atom stereocenters. The third kappa shape index (κ3) is 3.53. The molecule has 0 radical (unpaired) electrons. The molecule has 126 valence electrons. The van der Waals surface area contributed by atoms with E-state index in [1.807, 2.05) is 19.9 Å². The molecule has 0 fully saturated rings. The Bertz CT molecular complexity index is 773. The van der Waals surface area contributed by atoms with Crippen molar-refractivity contribution in [2.75, 3.05) is 14.2 Å². The number of nitrogens with zero attached hydrogens (tertiary/aromatic N) is 2. The van der Waals surface area contributed by atoms with Gasteiger partial charge in [-0.25, -0.2) is 0 Å². The van der Waals surface area contributed by atoms with Crippen molar-refractivity contribution in [2.24, 2.45) is 0 Å². The van der Waals surface area contributed by atoms with Crippen LogP contribution < -0.4 is 4.74 Å². The van der Waals surface area contributed by atoms with Crippen LogP contribution in [0, 0.1) is 17.0 Å². The summed E-state index contributed by atoms with van der Waals surface area (Å²) in [5, 5.41) is 10.9. The van der Waals surface area contributed by atoms with E-state index >= 15 is 0 Å². The maximum atomic E-state index is 12.7. The van der Waals surface area contributed by atoms with E-state index in [-0.39, 0.29) is 17.6 Å². The van der Waals surface area contributed by atoms with Crippen molar-refractivity contribution < 1.29 is 14.5 Å². The van der Waals surface area contributed by atoms with E-state index in [1.165, 1.54) is 12.1 Å². The average molecular weight is 328 g/mol. The molecule has 6 nitrogen and oxygen atoms in total. The summed E-state index contributed by atoms with van der Waals surface area (Å²) < 4.78 is 5.26. The van der Waals surface area contributed by atoms with Gasteiger partial charge in [0.15, 0.2) is 0 Å². The molecule has 0 N–H and O–H groups in total. The van der Waals surface area contributed by atoms with Crippen LogP contribution >= 0.6 is 0 Å². The number of nitro groups is 1. The highest BCUT2D eigenvalue weighted by Crippen LogP contribution is 2.26. The van der Waals surface area contributed by atoms with Gasteiger partial charge in [-0.2, -0.15) is 0 Å². The van der Waals surface area contributed by atoms with E-state index in [0.29, 0.717) is 16.9 Å². The predicted molar refractivity (Wildman–Crippen MR) is 91.3 cm³/mol. The highest BCUT2D eigenvalue weighted by atomic mass is 16.6. The molecule has 0 unspecified atom stereocenters. The van der Waals surface area contributed by atoms with Gasteiger partial charge in [0, 0.05) is 24.7 Å². The molecule has 0 aromatic heterocycles. The Morgan fingerprint density at radius 2 is 1.96 bits per heavy atom. The summed E-state index contributed by atoms with van der Waals surface area (Å²) in [7, 11) is 3.24. The van der Waals surface area contributed by atoms with Crippen LogP contribution in [0.15, 0.2) is 42.5 Å². The Kier molecular flexibility index (Phi) is 5.18. The molecule has 0 aliphatic rings. The van der Waals surface area contributed by atoms with Crippen molar-refractivity contribution in [1.82, 2.24) is 4.90 Å². The quantitative estimate of drug-likeness (QED) is 0.619. The number of carbonyl (C=O) groups excluding carboxylic acids is 1. The molecule has 0 aliphatic heterocycles. The Hall–Kier alpha value is -2.89. The monoisotopic (exact) mass is 328 g/mol. The van der Waals surface area contributed by atoms with Crippen LogP contribution in [-0.4, -0.2) is 29.9 Å². The molecule has 2 rings (SSSR count). The molecule has 1 amide bonds. The number of nitro benzene ring substituents is 1. The van der Waals surface area contributed by atoms with Crippen molar-refractivity contribution in [3.8, 4) is 5.75 Å². The Morgan fingerprint density at radius 1 is 1.25 bits per heavy atom. The molecule has 24 heavy (non-hydrogen) atoms. The zero-order valence-electron chi connectivity index (χ0n) is 14.1. The van der Waals surface area contributed by atoms with Crippen LogP contribution in [0.4, 0.5) is 5.69 Å². The number of non-ortho nitro benzene ring substituents is 1. The lowest BCUT2D eigenvalue weighted by molar-refractivity contribution is -0.384. The van der Waals surface area contributed by atoms with Gasteiger partial charge in [-0.15, -0.1) is 0 Å². The summed E-state index contributed by atoms with van der Waals surface area (Å²) in [6.45, 7) is 3.74. The summed E-state index contributed by atoms with van der Waals surface area (Å²) in [6.07, 6.45) is 0. The summed E-state index contributed by atoms with van der Waals surface area (Å²) in [5.41, 5.74) is 2.18. The summed E-state index contributed by atoms with van der Waals surface area (Å²) in [4.78, 5) is 24.7. The Labute approximate surface area is 140 Å². The van der Waals surface area contributed by atoms with Gasteiger partial charge in [0.05, 0.1) is 18.1 Å². The number of carbonyl (C=O) groups is 1. The van der Waals surface area contributed by atoms with Crippen molar-refractivity contribution in [2.45, 2.75) is 19.9 Å². The second kappa shape index (κ2) is 7.12. The molecule has 0 heterocycles. The number of rotatable bonds is 5. The SMILES string of the molecule is COc1cc(C(=O)N(C)[C@H](C)c2cccc([N+](=O)[O-])c2)ccc1C. The molecule has 2 aromatic rings. The minimum Gasteiger partial charge on any atom is -0.496 e. The third-order valence-corrected chi connectivity index (χ3v) is 4.12. The number of benzene rings is 2. The number of ether oxygens (including phenoxy) is 1. The van der Waals surface area contributed by atoms with Crippen molar-refractivity contribution in [1.29, 1.82) is 0 Å². The maximum absolute atomic E-state index is 12.7. The van der Waals surface area contributed by atoms with Crippen molar-refractivity contribution >= 4 is 11.6 Å². The number of aryl methyl sites for hydroxylation is 1. The van der Waals surface area contributed by atoms with Gasteiger partial charge < -0.3 is 9.64 Å². The van der Waals surface area contributed by atoms with Gasteiger partial charge in [-0.3, -0.25) is 14.9 Å². The fourth-order valence-electron chi connectivity index (χ4n) is 2.45. The average Bonchev–Trinajstić information content (AvgIpc) is 2.60. The van der Waals surface area contributed by atoms with E-state index in [1.54, 1.807) is 43.3 Å². The highest BCUT2D eigenvalue weighted by Gasteiger charge is 2.21. The van der Waals surface area contributed by atoms with E-state index in [2.05, 4.69) is 0 Å². The largest absolute Gasteiger partial charge is 0.496 e. The van der Waals surface area contributed by atoms with Crippen LogP contribution in [0.3, 0.4) is 0 Å². The number of amides is 1. The van der Waals surface area contributed by atoms with E-state index in [4.69, 9.17) is 4.74 Å². The first-order valence-corrected chi connectivity index (χ1v) is 7.51. The first-order valence-electron chi connectivity index (χ1n) is 7.51. The summed E-state index contributed by atoms with van der Waals surface area (Å²) in [6, 6.07) is 11.3. The topological polar surface area (TPSA) is 72.7 Å². The zero-order valence-corrected chi connectivity index (χ0v) is 14.1. The van der Waals surface area contributed by atoms with Crippen LogP contribution in [-0.2, 0) is 0 Å². The van der Waals surface area contributed by atoms with E-state index < -0.39 is 4.92 Å². The lowest BCUT2D eigenvalue weighted by Crippen LogP contribution is -2.29. The lowest BCUT2D eigenvalue weighted by Gasteiger charge is -2.25. The van der Waals surface area contributed by atoms with Crippen LogP contribution in [0.1, 0.15) is 34.5 Å². The van der Waals surface area contributed by atoms with Gasteiger partial charge in [0.1, 0.15) is 5.75 Å². The fraction of sp³-hybridized carbons (Fsp3) is 0.278. The van der Waals surface area contributed by atoms with Crippen LogP contribution in [0.25, 0.3) is 0 Å². The normalized spacial score (nSPS) is 11.7. The molecule has 0 bridgehead atoms. The van der Waals surface area contributed by atoms with Gasteiger partial charge >= 0.3 is 0 Å². The summed E-state index contributed by atoms with van der Waals surface area (Å²) >= 11 is 0. The number of hydrogen-bond donors (Lipinski definition) is 0. The number of hydrogen-bond acceptors (Lipinski definition) is 4. The van der Waals surface area contributed by atoms with E-state index in [9.17, 15) is 14.9 Å². The van der Waals surface area contributed by atoms with E-state index in [0.717, 1.165) is 5.56 Å². The molecule has 2 aromatic carbocycles. The van der Waals surface area contributed by atoms with Crippen LogP contribution in [0.2, 0.25) is 0 Å². The van der Waals surface area contributed by atoms with Crippen molar-refractivity contribution in [3.63, 3.8) is 0 Å². The standard InChI is InChI=1S/C18H20N2O4/c1-12-8-9-15(11-17(12)24-4)18(21)19(3)13(2)14-6-5-7-16(10-14)20(22)23/h5-11,13H,1-4H3/t13-/m1/s1. The molecular formula is C18H20N2O4. The first-order chi connectivity index (χ1) is 11.3. The first kappa shape index (κ1) is 17.5. The molecule has 0 spiro atoms. The fourth-order valence-corrected chi connectivity index (χ4v) is 2.45. The second-order valence-electron chi connectivity index (χ2n) is 5.63. The van der Waals surface area contributed by atoms with Crippen LogP contribution in [0.5, 0.6) is 5.75 Å². The van der Waals surface area contributed by atoms with Gasteiger partial charge in [0.2, 0.25) is 0 Å². The molecule has 0 aliphatic carbocycles. The second-order valence-corrected chi connectivity index (χ2v) is 5.63. The minimum atomic E-state index is -0.442. The third-order valence-electron chi connectivity index (χ3n) is 4.12.